The molecule has 1 unspecified atom stereocenters. The smallest absolute Gasteiger partial charge is 0.421 e. The van der Waals surface area contributed by atoms with Crippen LogP contribution in [0, 0.1) is 0 Å². The number of hydrogen-bond acceptors (Lipinski definition) is 13. The van der Waals surface area contributed by atoms with Crippen molar-refractivity contribution >= 4 is 81.6 Å². The van der Waals surface area contributed by atoms with Crippen molar-refractivity contribution < 1.29 is 51.5 Å². The fraction of sp³-hybridized carbons (Fsp3) is 0.392. The lowest BCUT2D eigenvalue weighted by molar-refractivity contribution is -0.138. The van der Waals surface area contributed by atoms with Crippen LogP contribution in [0.5, 0.6) is 5.75 Å². The molecular formula is C51H57F3N10O8. The number of nitrogens with one attached hydrogen (secondary N) is 5. The van der Waals surface area contributed by atoms with Gasteiger partial charge in [-0.2, -0.15) is 18.2 Å². The van der Waals surface area contributed by atoms with Crippen LogP contribution in [-0.4, -0.2) is 100 Å². The number of piperazine rings is 1. The van der Waals surface area contributed by atoms with Crippen molar-refractivity contribution in [2.75, 3.05) is 59.5 Å². The predicted molar refractivity (Wildman–Crippen MR) is 263 cm³/mol. The number of unbranched alkanes of at least 4 members (excludes halogenated alkanes) is 8. The van der Waals surface area contributed by atoms with Crippen molar-refractivity contribution in [3.8, 4) is 5.75 Å². The summed E-state index contributed by atoms with van der Waals surface area (Å²) >= 11 is 0. The maximum atomic E-state index is 14.0. The molecule has 7 rings (SSSR count). The van der Waals surface area contributed by atoms with Gasteiger partial charge in [-0.3, -0.25) is 43.8 Å². The van der Waals surface area contributed by atoms with Crippen molar-refractivity contribution in [2.45, 2.75) is 95.7 Å². The Morgan fingerprint density at radius 3 is 2.17 bits per heavy atom. The Bertz CT molecular complexity index is 2710. The Morgan fingerprint density at radius 2 is 1.49 bits per heavy atom. The summed E-state index contributed by atoms with van der Waals surface area (Å²) in [5.74, 6) is -3.29. The zero-order valence-corrected chi connectivity index (χ0v) is 39.9. The largest absolute Gasteiger partial charge is 0.494 e. The molecular weight excluding hydrogens is 938 g/mol. The van der Waals surface area contributed by atoms with Gasteiger partial charge in [0.15, 0.2) is 0 Å². The van der Waals surface area contributed by atoms with Crippen LogP contribution in [-0.2, 0) is 30.1 Å². The first-order valence-corrected chi connectivity index (χ1v) is 24.0. The number of fused-ring (bicyclic) bond motifs is 1. The molecule has 0 radical (unpaired) electrons. The molecule has 380 valence electrons. The number of ether oxygens (including phenoxy) is 1. The van der Waals surface area contributed by atoms with Gasteiger partial charge in [0.1, 0.15) is 23.2 Å². The first-order valence-electron chi connectivity index (χ1n) is 24.0. The summed E-state index contributed by atoms with van der Waals surface area (Å²) in [6.07, 6.45) is 6.20. The number of benzene rings is 3. The number of methoxy groups -OCH3 is 1. The molecule has 72 heavy (non-hydrogen) atoms. The number of imide groups is 2. The molecule has 7 amide bonds. The number of aromatic nitrogens is 2. The number of alkyl halides is 3. The van der Waals surface area contributed by atoms with Gasteiger partial charge in [0.2, 0.25) is 35.5 Å². The van der Waals surface area contributed by atoms with Gasteiger partial charge < -0.3 is 35.8 Å². The minimum atomic E-state index is -4.76. The summed E-state index contributed by atoms with van der Waals surface area (Å²) < 4.78 is 47.6. The summed E-state index contributed by atoms with van der Waals surface area (Å²) in [6, 6.07) is 15.0. The molecule has 0 spiro atoms. The van der Waals surface area contributed by atoms with Gasteiger partial charge in [0, 0.05) is 74.8 Å². The molecule has 0 bridgehead atoms. The van der Waals surface area contributed by atoms with Gasteiger partial charge in [-0.15, -0.1) is 0 Å². The minimum Gasteiger partial charge on any atom is -0.494 e. The van der Waals surface area contributed by atoms with E-state index in [-0.39, 0.29) is 59.5 Å². The highest BCUT2D eigenvalue weighted by atomic mass is 19.4. The molecule has 3 aromatic carbocycles. The highest BCUT2D eigenvalue weighted by Gasteiger charge is 2.46. The lowest BCUT2D eigenvalue weighted by Gasteiger charge is -2.36. The summed E-state index contributed by atoms with van der Waals surface area (Å²) in [5.41, 5.74) is 1.15. The van der Waals surface area contributed by atoms with Crippen LogP contribution in [0.25, 0.3) is 0 Å². The van der Waals surface area contributed by atoms with Crippen LogP contribution >= 0.6 is 0 Å². The van der Waals surface area contributed by atoms with Gasteiger partial charge in [0.05, 0.1) is 29.6 Å². The van der Waals surface area contributed by atoms with Crippen LogP contribution in [0.4, 0.5) is 53.4 Å². The number of rotatable bonds is 22. The summed E-state index contributed by atoms with van der Waals surface area (Å²) in [5, 5.41) is 13.2. The van der Waals surface area contributed by atoms with E-state index in [1.165, 1.54) is 25.3 Å². The standard InChI is InChI=1S/C51H57F3N10O8/c1-3-41(65)56-32-15-13-16-33(29-32)57-46-36(51(52,53)54)31-55-50(61-46)59-37-22-21-34(30-40(37)72-2)62-25-27-63(28-26-62)44(68)20-12-10-8-6-4-5-7-9-11-19-42(66)58-38-18-14-17-35-45(38)49(71)64(48(35)70)39-23-24-43(67)60-47(39)69/h3,13-18,21-22,29-31,39H,1,4-12,19-20,23-28H2,2H3,(H,56,65)(H,58,66)(H,60,67,69)(H2,55,57,59,61). The quantitative estimate of drug-likeness (QED) is 0.0286. The van der Waals surface area contributed by atoms with Gasteiger partial charge in [-0.05, 0) is 67.8 Å². The molecule has 3 aliphatic rings. The van der Waals surface area contributed by atoms with E-state index in [1.54, 1.807) is 36.4 Å². The average Bonchev–Trinajstić information content (AvgIpc) is 3.61. The summed E-state index contributed by atoms with van der Waals surface area (Å²) in [4.78, 5) is 101. The number of halogens is 3. The number of hydrogen-bond donors (Lipinski definition) is 5. The molecule has 0 saturated carbocycles. The molecule has 4 aromatic rings. The van der Waals surface area contributed by atoms with Crippen molar-refractivity contribution in [2.24, 2.45) is 0 Å². The highest BCUT2D eigenvalue weighted by Crippen LogP contribution is 2.38. The maximum Gasteiger partial charge on any atom is 0.421 e. The number of amides is 7. The Kier molecular flexibility index (Phi) is 17.2. The molecule has 21 heteroatoms. The number of carbonyl (C=O) groups is 7. The third kappa shape index (κ3) is 13.1. The number of carbonyl (C=O) groups excluding carboxylic acids is 7. The highest BCUT2D eigenvalue weighted by molar-refractivity contribution is 6.26. The molecule has 3 aliphatic heterocycles. The molecule has 18 nitrogen and oxygen atoms in total. The van der Waals surface area contributed by atoms with Gasteiger partial charge >= 0.3 is 6.18 Å². The molecule has 4 heterocycles. The predicted octanol–water partition coefficient (Wildman–Crippen LogP) is 8.10. The number of anilines is 7. The van der Waals surface area contributed by atoms with Gasteiger partial charge in [-0.25, -0.2) is 4.98 Å². The summed E-state index contributed by atoms with van der Waals surface area (Å²) in [7, 11) is 1.48. The third-order valence-electron chi connectivity index (χ3n) is 12.6. The van der Waals surface area contributed by atoms with E-state index >= 15 is 0 Å². The van der Waals surface area contributed by atoms with Crippen molar-refractivity contribution in [3.05, 3.63) is 96.2 Å². The van der Waals surface area contributed by atoms with E-state index in [4.69, 9.17) is 4.74 Å². The van der Waals surface area contributed by atoms with Gasteiger partial charge in [0.25, 0.3) is 11.8 Å². The molecule has 0 aliphatic carbocycles. The first-order chi connectivity index (χ1) is 34.6. The third-order valence-corrected chi connectivity index (χ3v) is 12.6. The van der Waals surface area contributed by atoms with E-state index in [9.17, 15) is 46.7 Å². The van der Waals surface area contributed by atoms with Gasteiger partial charge in [-0.1, -0.05) is 63.7 Å². The monoisotopic (exact) mass is 994 g/mol. The lowest BCUT2D eigenvalue weighted by Crippen LogP contribution is -2.54. The number of piperidine rings is 1. The second-order valence-electron chi connectivity index (χ2n) is 17.6. The SMILES string of the molecule is C=CC(=O)Nc1cccc(Nc2nc(Nc3ccc(N4CCN(C(=O)CCCCCCCCCCCC(=O)Nc5cccc6c5C(=O)N(C5CCC(=O)NC5=O)C6=O)CC4)cc3OC)ncc2C(F)(F)F)c1. The molecule has 2 fully saturated rings. The second-order valence-corrected chi connectivity index (χ2v) is 17.6. The Morgan fingerprint density at radius 1 is 0.806 bits per heavy atom. The molecule has 5 N–H and O–H groups in total. The normalized spacial score (nSPS) is 15.7. The van der Waals surface area contributed by atoms with E-state index < -0.39 is 53.1 Å². The Balaban J connectivity index is 0.771. The fourth-order valence-electron chi connectivity index (χ4n) is 8.85. The lowest BCUT2D eigenvalue weighted by atomic mass is 10.0. The number of nitrogens with zero attached hydrogens (tertiary/aromatic N) is 5. The second kappa shape index (κ2) is 23.8. The van der Waals surface area contributed by atoms with E-state index in [2.05, 4.69) is 48.0 Å². The minimum absolute atomic E-state index is 0.0159. The molecule has 1 aromatic heterocycles. The van der Waals surface area contributed by atoms with Crippen molar-refractivity contribution in [1.29, 1.82) is 0 Å². The van der Waals surface area contributed by atoms with Crippen LogP contribution in [0.3, 0.4) is 0 Å². The summed E-state index contributed by atoms with van der Waals surface area (Å²) in [6.45, 7) is 5.72. The molecule has 2 saturated heterocycles. The zero-order chi connectivity index (χ0) is 51.4. The Hall–Kier alpha value is -7.84. The van der Waals surface area contributed by atoms with Crippen molar-refractivity contribution in [3.63, 3.8) is 0 Å². The first kappa shape index (κ1) is 52.0. The molecule has 1 atom stereocenters. The van der Waals surface area contributed by atoms with E-state index in [0.717, 1.165) is 68.0 Å². The Labute approximate surface area is 414 Å². The van der Waals surface area contributed by atoms with Crippen molar-refractivity contribution in [1.82, 2.24) is 25.1 Å². The van der Waals surface area contributed by atoms with Crippen LogP contribution in [0.2, 0.25) is 0 Å². The fourth-order valence-corrected chi connectivity index (χ4v) is 8.85. The average molecular weight is 995 g/mol. The topological polar surface area (TPSA) is 224 Å². The van der Waals surface area contributed by atoms with Crippen LogP contribution in [0.1, 0.15) is 110 Å². The maximum absolute atomic E-state index is 14.0. The van der Waals surface area contributed by atoms with Crippen LogP contribution in [0.15, 0.2) is 79.5 Å². The van der Waals surface area contributed by atoms with E-state index in [1.807, 2.05) is 11.0 Å². The van der Waals surface area contributed by atoms with Crippen LogP contribution < -0.4 is 36.2 Å². The van der Waals surface area contributed by atoms with E-state index in [0.29, 0.717) is 62.3 Å². The zero-order valence-electron chi connectivity index (χ0n) is 39.9.